The molecule has 26 heavy (non-hydrogen) atoms. The average Bonchev–Trinajstić information content (AvgIpc) is 2.64. The predicted molar refractivity (Wildman–Crippen MR) is 106 cm³/mol. The van der Waals surface area contributed by atoms with Gasteiger partial charge in [-0.15, -0.1) is 11.8 Å². The van der Waals surface area contributed by atoms with Crippen LogP contribution in [0.3, 0.4) is 0 Å². The summed E-state index contributed by atoms with van der Waals surface area (Å²) in [6.07, 6.45) is 0.962. The first kappa shape index (κ1) is 20.6. The first-order valence-corrected chi connectivity index (χ1v) is 9.82. The molecule has 0 aliphatic heterocycles. The van der Waals surface area contributed by atoms with E-state index in [1.807, 2.05) is 36.4 Å². The molecule has 0 unspecified atom stereocenters. The lowest BCUT2D eigenvalue weighted by molar-refractivity contribution is -0.148. The Morgan fingerprint density at radius 1 is 0.962 bits per heavy atom. The molecule has 0 aliphatic carbocycles. The topological polar surface area (TPSA) is 55.4 Å². The lowest BCUT2D eigenvalue weighted by Crippen LogP contribution is -2.28. The molecule has 2 aromatic rings. The number of carbonyl (C=O) groups excluding carboxylic acids is 2. The Hall–Kier alpha value is -1.69. The average molecular weight is 412 g/mol. The van der Waals surface area contributed by atoms with E-state index in [4.69, 9.17) is 27.9 Å². The molecule has 1 N–H and O–H groups in total. The maximum absolute atomic E-state index is 11.7. The standard InChI is InChI=1S/C19H19Cl2NO3S/c20-15-5-3-14(4-6-15)12-22-18(23)13-25-19(24)2-1-11-26-17-9-7-16(21)8-10-17/h3-10H,1-2,11-13H2,(H,22,23). The zero-order chi connectivity index (χ0) is 18.8. The van der Waals surface area contributed by atoms with E-state index < -0.39 is 0 Å². The zero-order valence-corrected chi connectivity index (χ0v) is 16.4. The van der Waals surface area contributed by atoms with Crippen LogP contribution in [0.5, 0.6) is 0 Å². The summed E-state index contributed by atoms with van der Waals surface area (Å²) >= 11 is 13.3. The van der Waals surface area contributed by atoms with Crippen molar-refractivity contribution >= 4 is 46.8 Å². The van der Waals surface area contributed by atoms with Gasteiger partial charge in [0.15, 0.2) is 6.61 Å². The second kappa shape index (κ2) is 11.1. The molecule has 0 saturated heterocycles. The van der Waals surface area contributed by atoms with Crippen LogP contribution in [0.2, 0.25) is 10.0 Å². The molecule has 2 rings (SSSR count). The number of carbonyl (C=O) groups is 2. The van der Waals surface area contributed by atoms with Crippen molar-refractivity contribution in [2.45, 2.75) is 24.3 Å². The Labute approximate surface area is 167 Å². The molecule has 4 nitrogen and oxygen atoms in total. The quantitative estimate of drug-likeness (QED) is 0.368. The van der Waals surface area contributed by atoms with E-state index in [0.29, 0.717) is 23.0 Å². The van der Waals surface area contributed by atoms with Crippen LogP contribution in [-0.2, 0) is 20.9 Å². The van der Waals surface area contributed by atoms with E-state index in [-0.39, 0.29) is 24.9 Å². The molecule has 0 radical (unpaired) electrons. The fourth-order valence-corrected chi connectivity index (χ4v) is 3.11. The summed E-state index contributed by atoms with van der Waals surface area (Å²) in [7, 11) is 0. The molecule has 0 saturated carbocycles. The van der Waals surface area contributed by atoms with E-state index in [1.165, 1.54) is 0 Å². The molecule has 0 fully saturated rings. The Morgan fingerprint density at radius 3 is 2.23 bits per heavy atom. The minimum Gasteiger partial charge on any atom is -0.456 e. The van der Waals surface area contributed by atoms with Crippen molar-refractivity contribution < 1.29 is 14.3 Å². The molecule has 138 valence electrons. The number of hydrogen-bond donors (Lipinski definition) is 1. The normalized spacial score (nSPS) is 10.4. The lowest BCUT2D eigenvalue weighted by Gasteiger charge is -2.07. The number of benzene rings is 2. The highest BCUT2D eigenvalue weighted by Gasteiger charge is 2.07. The number of thioether (sulfide) groups is 1. The number of ether oxygens (including phenoxy) is 1. The largest absolute Gasteiger partial charge is 0.456 e. The summed E-state index contributed by atoms with van der Waals surface area (Å²) < 4.78 is 4.98. The van der Waals surface area contributed by atoms with Gasteiger partial charge in [-0.05, 0) is 54.1 Å². The Bertz CT molecular complexity index is 721. The van der Waals surface area contributed by atoms with Crippen molar-refractivity contribution in [2.24, 2.45) is 0 Å². The highest BCUT2D eigenvalue weighted by Crippen LogP contribution is 2.21. The van der Waals surface area contributed by atoms with Crippen LogP contribution in [0.1, 0.15) is 18.4 Å². The maximum Gasteiger partial charge on any atom is 0.306 e. The molecule has 0 aromatic heterocycles. The number of hydrogen-bond acceptors (Lipinski definition) is 4. The van der Waals surface area contributed by atoms with Gasteiger partial charge in [0, 0.05) is 27.9 Å². The van der Waals surface area contributed by atoms with Gasteiger partial charge in [0.1, 0.15) is 0 Å². The number of halogens is 2. The fourth-order valence-electron chi connectivity index (χ4n) is 2.01. The SMILES string of the molecule is O=C(COC(=O)CCCSc1ccc(Cl)cc1)NCc1ccc(Cl)cc1. The Kier molecular flexibility index (Phi) is 8.81. The van der Waals surface area contributed by atoms with E-state index in [9.17, 15) is 9.59 Å². The summed E-state index contributed by atoms with van der Waals surface area (Å²) in [4.78, 5) is 24.5. The van der Waals surface area contributed by atoms with Crippen LogP contribution in [0.25, 0.3) is 0 Å². The van der Waals surface area contributed by atoms with Crippen LogP contribution in [0.4, 0.5) is 0 Å². The second-order valence-electron chi connectivity index (χ2n) is 5.47. The monoisotopic (exact) mass is 411 g/mol. The summed E-state index contributed by atoms with van der Waals surface area (Å²) in [6, 6.07) is 14.7. The number of nitrogens with one attached hydrogen (secondary N) is 1. The third kappa shape index (κ3) is 8.13. The third-order valence-corrected chi connectivity index (χ3v) is 4.98. The van der Waals surface area contributed by atoms with E-state index in [0.717, 1.165) is 16.2 Å². The molecule has 0 atom stereocenters. The van der Waals surface area contributed by atoms with Gasteiger partial charge in [0.05, 0.1) is 0 Å². The second-order valence-corrected chi connectivity index (χ2v) is 7.51. The molecule has 0 aliphatic rings. The minimum atomic E-state index is -0.372. The molecule has 0 spiro atoms. The molecule has 2 aromatic carbocycles. The zero-order valence-electron chi connectivity index (χ0n) is 14.0. The van der Waals surface area contributed by atoms with Crippen LogP contribution in [0.15, 0.2) is 53.4 Å². The summed E-state index contributed by atoms with van der Waals surface area (Å²) in [6.45, 7) is 0.0992. The van der Waals surface area contributed by atoms with Gasteiger partial charge in [0.25, 0.3) is 5.91 Å². The van der Waals surface area contributed by atoms with Crippen LogP contribution >= 0.6 is 35.0 Å². The van der Waals surface area contributed by atoms with Crippen molar-refractivity contribution in [3.8, 4) is 0 Å². The van der Waals surface area contributed by atoms with Gasteiger partial charge in [-0.2, -0.15) is 0 Å². The molecule has 1 amide bonds. The van der Waals surface area contributed by atoms with Crippen LogP contribution in [-0.4, -0.2) is 24.2 Å². The summed E-state index contributed by atoms with van der Waals surface area (Å²) in [5.74, 6) is 0.0895. The van der Waals surface area contributed by atoms with Crippen molar-refractivity contribution in [1.82, 2.24) is 5.32 Å². The van der Waals surface area contributed by atoms with Gasteiger partial charge < -0.3 is 10.1 Å². The third-order valence-electron chi connectivity index (χ3n) is 3.37. The van der Waals surface area contributed by atoms with Crippen molar-refractivity contribution in [3.05, 3.63) is 64.1 Å². The van der Waals surface area contributed by atoms with E-state index in [1.54, 1.807) is 23.9 Å². The van der Waals surface area contributed by atoms with Crippen molar-refractivity contribution in [3.63, 3.8) is 0 Å². The first-order chi connectivity index (χ1) is 12.5. The lowest BCUT2D eigenvalue weighted by atomic mass is 10.2. The van der Waals surface area contributed by atoms with Crippen LogP contribution < -0.4 is 5.32 Å². The minimum absolute atomic E-state index is 0.267. The van der Waals surface area contributed by atoms with Gasteiger partial charge in [-0.3, -0.25) is 9.59 Å². The van der Waals surface area contributed by atoms with Gasteiger partial charge in [0.2, 0.25) is 0 Å². The predicted octanol–water partition coefficient (Wildman–Crippen LogP) is 4.73. The Morgan fingerprint density at radius 2 is 1.58 bits per heavy atom. The Balaban J connectivity index is 1.55. The smallest absolute Gasteiger partial charge is 0.306 e. The highest BCUT2D eigenvalue weighted by molar-refractivity contribution is 7.99. The van der Waals surface area contributed by atoms with E-state index >= 15 is 0 Å². The van der Waals surface area contributed by atoms with Crippen molar-refractivity contribution in [2.75, 3.05) is 12.4 Å². The molecular weight excluding hydrogens is 393 g/mol. The molecule has 0 heterocycles. The van der Waals surface area contributed by atoms with E-state index in [2.05, 4.69) is 5.32 Å². The molecular formula is C19H19Cl2NO3S. The van der Waals surface area contributed by atoms with Gasteiger partial charge >= 0.3 is 5.97 Å². The first-order valence-electron chi connectivity index (χ1n) is 8.08. The molecule has 7 heteroatoms. The summed E-state index contributed by atoms with van der Waals surface area (Å²) in [5, 5.41) is 4.04. The maximum atomic E-state index is 11.7. The van der Waals surface area contributed by atoms with Crippen LogP contribution in [0, 0.1) is 0 Å². The fraction of sp³-hybridized carbons (Fsp3) is 0.263. The van der Waals surface area contributed by atoms with Crippen molar-refractivity contribution in [1.29, 1.82) is 0 Å². The number of amides is 1. The van der Waals surface area contributed by atoms with Gasteiger partial charge in [-0.25, -0.2) is 0 Å². The summed E-state index contributed by atoms with van der Waals surface area (Å²) in [5.41, 5.74) is 0.924. The number of esters is 1. The van der Waals surface area contributed by atoms with Gasteiger partial charge in [-0.1, -0.05) is 35.3 Å². The highest BCUT2D eigenvalue weighted by atomic mass is 35.5. The molecule has 0 bridgehead atoms. The number of rotatable bonds is 9.